The maximum Gasteiger partial charge on any atom is 0.394 e. The summed E-state index contributed by atoms with van der Waals surface area (Å²) in [7, 11) is -4.67. The number of rotatable bonds is 0. The monoisotopic (exact) mass is 500 g/mol. The Hall–Kier alpha value is 0.399. The fraction of sp³-hybridized carbons (Fsp3) is 0.909. The van der Waals surface area contributed by atoms with Gasteiger partial charge in [0.2, 0.25) is 0 Å². The Bertz CT molecular complexity index is 244. The van der Waals surface area contributed by atoms with Crippen LogP contribution in [0.15, 0.2) is 0 Å². The predicted octanol–water partition coefficient (Wildman–Crippen LogP) is 0.501. The first-order valence-corrected chi connectivity index (χ1v) is 6.65. The maximum absolute atomic E-state index is 8.74. The fourth-order valence-corrected chi connectivity index (χ4v) is 2.39. The van der Waals surface area contributed by atoms with Gasteiger partial charge in [-0.1, -0.05) is 34.6 Å². The first kappa shape index (κ1) is 37.0. The summed E-state index contributed by atoms with van der Waals surface area (Å²) in [6.45, 7) is 12.0. The molecule has 133 valence electrons. The molecular formula is C11H31IrO7S-. The van der Waals surface area contributed by atoms with Gasteiger partial charge in [0.25, 0.3) is 0 Å². The van der Waals surface area contributed by atoms with Crippen LogP contribution in [0.2, 0.25) is 0 Å². The summed E-state index contributed by atoms with van der Waals surface area (Å²) < 4.78 is 31.6. The van der Waals surface area contributed by atoms with Gasteiger partial charge in [0.15, 0.2) is 0 Å². The van der Waals surface area contributed by atoms with Crippen molar-refractivity contribution in [2.75, 3.05) is 0 Å². The Morgan fingerprint density at radius 2 is 0.700 bits per heavy atom. The number of hydrogen-bond acceptors (Lipinski definition) is 2. The molecule has 20 heavy (non-hydrogen) atoms. The molecule has 1 aliphatic rings. The van der Waals surface area contributed by atoms with Gasteiger partial charge >= 0.3 is 10.4 Å². The van der Waals surface area contributed by atoms with E-state index in [0.29, 0.717) is 0 Å². The Kier molecular flexibility index (Phi) is 26.6. The van der Waals surface area contributed by atoms with Crippen molar-refractivity contribution >= 4 is 10.4 Å². The smallest absolute Gasteiger partial charge is 0.394 e. The zero-order chi connectivity index (χ0) is 12.4. The maximum atomic E-state index is 8.74. The van der Waals surface area contributed by atoms with Crippen LogP contribution < -0.4 is 0 Å². The molecule has 0 unspecified atom stereocenters. The molecule has 0 aromatic heterocycles. The van der Waals surface area contributed by atoms with Crippen molar-refractivity contribution in [2.24, 2.45) is 29.6 Å². The largest absolute Gasteiger partial charge is 0.412 e. The third-order valence-electron chi connectivity index (χ3n) is 4.15. The molecule has 0 spiro atoms. The molecule has 0 heterocycles. The van der Waals surface area contributed by atoms with E-state index in [-0.39, 0.29) is 44.0 Å². The average molecular weight is 500 g/mol. The molecule has 9 heteroatoms. The summed E-state index contributed by atoms with van der Waals surface area (Å²) in [6, 6.07) is 0. The van der Waals surface area contributed by atoms with E-state index in [4.69, 9.17) is 17.5 Å². The van der Waals surface area contributed by atoms with E-state index in [1.807, 2.05) is 0 Å². The van der Waals surface area contributed by atoms with Crippen molar-refractivity contribution in [2.45, 2.75) is 34.6 Å². The first-order valence-electron chi connectivity index (χ1n) is 5.25. The van der Waals surface area contributed by atoms with Crippen LogP contribution >= 0.6 is 0 Å². The van der Waals surface area contributed by atoms with E-state index in [1.54, 1.807) is 0 Å². The van der Waals surface area contributed by atoms with Crippen molar-refractivity contribution in [3.63, 3.8) is 0 Å². The third-order valence-corrected chi connectivity index (χ3v) is 4.15. The topological polar surface area (TPSA) is 169 Å². The van der Waals surface area contributed by atoms with Crippen molar-refractivity contribution < 1.29 is 54.1 Å². The van der Waals surface area contributed by atoms with Gasteiger partial charge in [-0.2, -0.15) is 8.42 Å². The molecule has 0 aromatic rings. The normalized spacial score (nSPS) is 30.6. The quantitative estimate of drug-likeness (QED) is 0.366. The minimum Gasteiger partial charge on any atom is -0.412 e. The molecule has 1 radical (unpaired) electrons. The van der Waals surface area contributed by atoms with E-state index in [1.165, 1.54) is 0 Å². The van der Waals surface area contributed by atoms with E-state index in [2.05, 4.69) is 34.6 Å². The van der Waals surface area contributed by atoms with Crippen LogP contribution in [0.4, 0.5) is 0 Å². The van der Waals surface area contributed by atoms with E-state index >= 15 is 0 Å². The fourth-order valence-electron chi connectivity index (χ4n) is 2.39. The van der Waals surface area contributed by atoms with Gasteiger partial charge in [0.1, 0.15) is 0 Å². The molecular weight excluding hydrogens is 468 g/mol. The molecule has 0 amide bonds. The summed E-state index contributed by atoms with van der Waals surface area (Å²) in [5.74, 6) is 4.68. The first-order chi connectivity index (χ1) is 6.55. The number of hydrogen-bond donors (Lipinski definition) is 2. The second-order valence-electron chi connectivity index (χ2n) is 4.74. The van der Waals surface area contributed by atoms with Gasteiger partial charge in [-0.15, -0.1) is 0 Å². The summed E-state index contributed by atoms with van der Waals surface area (Å²) in [5.41, 5.74) is 0. The van der Waals surface area contributed by atoms with E-state index in [0.717, 1.165) is 29.6 Å². The Morgan fingerprint density at radius 1 is 0.650 bits per heavy atom. The van der Waals surface area contributed by atoms with Crippen molar-refractivity contribution in [3.8, 4) is 0 Å². The molecule has 1 fully saturated rings. The summed E-state index contributed by atoms with van der Waals surface area (Å²) in [6.07, 6.45) is 0. The standard InChI is InChI=1S/C10H20.CH3.Ir.H2O4S.3H2O/c1-6-7(2)9(4)10(5)8(6)3;;;1-5(2,3)4;;;/h6-10H,1-5H3;1H3;;(H2,1,2,3,4);3*1H2/q;-1;;;;;. The Labute approximate surface area is 136 Å². The minimum absolute atomic E-state index is 0. The van der Waals surface area contributed by atoms with Crippen LogP contribution in [0.3, 0.4) is 0 Å². The van der Waals surface area contributed by atoms with E-state index < -0.39 is 10.4 Å². The molecule has 1 saturated carbocycles. The zero-order valence-corrected chi connectivity index (χ0v) is 16.1. The molecule has 1 rings (SSSR count). The SMILES string of the molecule is CC1C(C)C(C)C(C)C1C.O.O.O.O=S(=O)(O)O.[CH3-].[Ir]. The van der Waals surface area contributed by atoms with Crippen LogP contribution in [0.5, 0.6) is 0 Å². The van der Waals surface area contributed by atoms with Gasteiger partial charge < -0.3 is 23.9 Å². The molecule has 0 aromatic carbocycles. The van der Waals surface area contributed by atoms with Gasteiger partial charge in [-0.3, -0.25) is 9.11 Å². The van der Waals surface area contributed by atoms with Gasteiger partial charge in [-0.05, 0) is 29.6 Å². The van der Waals surface area contributed by atoms with Crippen LogP contribution in [-0.4, -0.2) is 34.0 Å². The van der Waals surface area contributed by atoms with Crippen molar-refractivity contribution in [1.29, 1.82) is 0 Å². The second kappa shape index (κ2) is 14.3. The van der Waals surface area contributed by atoms with Gasteiger partial charge in [0, 0.05) is 20.1 Å². The second-order valence-corrected chi connectivity index (χ2v) is 5.64. The average Bonchev–Trinajstić information content (AvgIpc) is 2.21. The third kappa shape index (κ3) is 13.4. The Balaban J connectivity index is -0.0000000443. The van der Waals surface area contributed by atoms with Crippen molar-refractivity contribution in [1.82, 2.24) is 0 Å². The van der Waals surface area contributed by atoms with Crippen LogP contribution in [0.25, 0.3) is 0 Å². The van der Waals surface area contributed by atoms with Crippen LogP contribution in [0, 0.1) is 37.0 Å². The molecule has 0 atom stereocenters. The Morgan fingerprint density at radius 3 is 0.750 bits per heavy atom. The molecule has 0 aliphatic heterocycles. The molecule has 1 aliphatic carbocycles. The molecule has 0 bridgehead atoms. The molecule has 0 saturated heterocycles. The summed E-state index contributed by atoms with van der Waals surface area (Å²) in [4.78, 5) is 0. The van der Waals surface area contributed by atoms with Crippen LogP contribution in [-0.2, 0) is 30.5 Å². The van der Waals surface area contributed by atoms with Gasteiger partial charge in [0.05, 0.1) is 0 Å². The van der Waals surface area contributed by atoms with Crippen molar-refractivity contribution in [3.05, 3.63) is 7.43 Å². The van der Waals surface area contributed by atoms with Gasteiger partial charge in [-0.25, -0.2) is 0 Å². The van der Waals surface area contributed by atoms with Crippen LogP contribution in [0.1, 0.15) is 34.6 Å². The minimum atomic E-state index is -4.67. The predicted molar refractivity (Wildman–Crippen MR) is 77.3 cm³/mol. The summed E-state index contributed by atoms with van der Waals surface area (Å²) >= 11 is 0. The summed E-state index contributed by atoms with van der Waals surface area (Å²) in [5, 5.41) is 0. The molecule has 7 nitrogen and oxygen atoms in total. The zero-order valence-electron chi connectivity index (χ0n) is 12.8. The molecule has 8 N–H and O–H groups in total. The van der Waals surface area contributed by atoms with E-state index in [9.17, 15) is 0 Å².